The summed E-state index contributed by atoms with van der Waals surface area (Å²) in [6, 6.07) is 2.51. The third-order valence-corrected chi connectivity index (χ3v) is 5.11. The molecule has 10 heteroatoms. The molecule has 0 saturated carbocycles. The van der Waals surface area contributed by atoms with Crippen LogP contribution in [-0.4, -0.2) is 34.0 Å². The number of thiophene rings is 1. The molecular weight excluding hydrogens is 326 g/mol. The van der Waals surface area contributed by atoms with Gasteiger partial charge < -0.3 is 10.1 Å². The van der Waals surface area contributed by atoms with Gasteiger partial charge in [-0.1, -0.05) is 0 Å². The Morgan fingerprint density at radius 2 is 2.14 bits per heavy atom. The van der Waals surface area contributed by atoms with E-state index >= 15 is 0 Å². The highest BCUT2D eigenvalue weighted by molar-refractivity contribution is 7.91. The smallest absolute Gasteiger partial charge is 0.261 e. The van der Waals surface area contributed by atoms with Crippen LogP contribution in [0.1, 0.15) is 24.3 Å². The predicted octanol–water partition coefficient (Wildman–Crippen LogP) is 1.24. The van der Waals surface area contributed by atoms with Crippen LogP contribution in [0.3, 0.4) is 0 Å². The molecule has 21 heavy (non-hydrogen) atoms. The Morgan fingerprint density at radius 3 is 2.67 bits per heavy atom. The summed E-state index contributed by atoms with van der Waals surface area (Å²) in [5.41, 5.74) is 0. The van der Waals surface area contributed by atoms with Crippen molar-refractivity contribution in [3.63, 3.8) is 0 Å². The maximum atomic E-state index is 11.8. The van der Waals surface area contributed by atoms with Crippen LogP contribution >= 0.6 is 11.3 Å². The molecule has 0 fully saturated rings. The minimum absolute atomic E-state index is 0.0128. The number of alkyl halides is 2. The number of carbonyl (C=O) groups is 1. The Morgan fingerprint density at radius 1 is 1.48 bits per heavy atom. The van der Waals surface area contributed by atoms with E-state index in [9.17, 15) is 22.0 Å². The minimum Gasteiger partial charge on any atom is -0.375 e. The van der Waals surface area contributed by atoms with Gasteiger partial charge in [0, 0.05) is 11.3 Å². The standard InChI is InChI=1S/C11H16F2N2O4S2/c1-7(8-2-3-11(20-8)21(14,17)18)15-10(16)4-5-19-6-9(12)13/h2-3,7,9H,4-6H2,1H3,(H,15,16)(H2,14,17,18). The first kappa shape index (κ1) is 18.0. The summed E-state index contributed by atoms with van der Waals surface area (Å²) < 4.78 is 50.5. The molecule has 0 aliphatic rings. The maximum absolute atomic E-state index is 11.8. The Hall–Kier alpha value is -1.10. The molecule has 3 N–H and O–H groups in total. The summed E-state index contributed by atoms with van der Waals surface area (Å²) >= 11 is 0.964. The number of primary sulfonamides is 1. The topological polar surface area (TPSA) is 98.5 Å². The van der Waals surface area contributed by atoms with Crippen molar-refractivity contribution < 1.29 is 26.7 Å². The number of rotatable bonds is 8. The largest absolute Gasteiger partial charge is 0.375 e. The normalized spacial score (nSPS) is 13.4. The number of carbonyl (C=O) groups excluding carboxylic acids is 1. The fourth-order valence-corrected chi connectivity index (χ4v) is 3.19. The van der Waals surface area contributed by atoms with E-state index < -0.39 is 29.1 Å². The predicted molar refractivity (Wildman–Crippen MR) is 73.7 cm³/mol. The number of ether oxygens (including phenoxy) is 1. The van der Waals surface area contributed by atoms with Crippen LogP contribution in [0.15, 0.2) is 16.3 Å². The Labute approximate surface area is 125 Å². The van der Waals surface area contributed by atoms with Crippen LogP contribution in [0.5, 0.6) is 0 Å². The first-order chi connectivity index (χ1) is 9.70. The molecule has 0 aromatic carbocycles. The zero-order valence-corrected chi connectivity index (χ0v) is 12.8. The van der Waals surface area contributed by atoms with Crippen LogP contribution in [0, 0.1) is 0 Å². The summed E-state index contributed by atoms with van der Waals surface area (Å²) in [5.74, 6) is -0.373. The van der Waals surface area contributed by atoms with E-state index in [1.54, 1.807) is 13.0 Å². The molecule has 1 heterocycles. The lowest BCUT2D eigenvalue weighted by Gasteiger charge is -2.12. The van der Waals surface area contributed by atoms with E-state index in [1.807, 2.05) is 0 Å². The number of halogens is 2. The fraction of sp³-hybridized carbons (Fsp3) is 0.545. The minimum atomic E-state index is -3.75. The maximum Gasteiger partial charge on any atom is 0.261 e. The molecule has 0 aliphatic heterocycles. The van der Waals surface area contributed by atoms with Crippen molar-refractivity contribution in [2.24, 2.45) is 5.14 Å². The van der Waals surface area contributed by atoms with E-state index in [4.69, 9.17) is 5.14 Å². The second-order valence-corrected chi connectivity index (χ2v) is 7.11. The van der Waals surface area contributed by atoms with Gasteiger partial charge in [-0.15, -0.1) is 11.3 Å². The quantitative estimate of drug-likeness (QED) is 0.695. The third kappa shape index (κ3) is 6.46. The summed E-state index contributed by atoms with van der Waals surface area (Å²) in [4.78, 5) is 12.2. The SMILES string of the molecule is CC(NC(=O)CCOCC(F)F)c1ccc(S(N)(=O)=O)s1. The van der Waals surface area contributed by atoms with Gasteiger partial charge in [0.1, 0.15) is 10.8 Å². The molecule has 0 radical (unpaired) electrons. The van der Waals surface area contributed by atoms with Crippen LogP contribution < -0.4 is 10.5 Å². The van der Waals surface area contributed by atoms with Gasteiger partial charge in [-0.25, -0.2) is 22.3 Å². The zero-order chi connectivity index (χ0) is 16.0. The van der Waals surface area contributed by atoms with Crippen LogP contribution in [0.4, 0.5) is 8.78 Å². The molecule has 0 spiro atoms. The summed E-state index contributed by atoms with van der Waals surface area (Å²) in [5, 5.41) is 7.61. The molecule has 1 amide bonds. The number of hydrogen-bond donors (Lipinski definition) is 2. The van der Waals surface area contributed by atoms with Gasteiger partial charge in [0.05, 0.1) is 12.6 Å². The molecule has 0 aliphatic carbocycles. The number of nitrogens with one attached hydrogen (secondary N) is 1. The van der Waals surface area contributed by atoms with Crippen LogP contribution in [0.25, 0.3) is 0 Å². The summed E-state index contributed by atoms with van der Waals surface area (Å²) in [6.45, 7) is 0.873. The lowest BCUT2D eigenvalue weighted by atomic mass is 10.2. The lowest BCUT2D eigenvalue weighted by molar-refractivity contribution is -0.123. The first-order valence-electron chi connectivity index (χ1n) is 5.98. The lowest BCUT2D eigenvalue weighted by Crippen LogP contribution is -2.27. The van der Waals surface area contributed by atoms with E-state index in [-0.39, 0.29) is 23.1 Å². The van der Waals surface area contributed by atoms with Gasteiger partial charge in [0.25, 0.3) is 6.43 Å². The summed E-state index contributed by atoms with van der Waals surface area (Å²) in [6.07, 6.45) is -2.61. The fourth-order valence-electron chi connectivity index (χ4n) is 1.44. The average molecular weight is 342 g/mol. The van der Waals surface area contributed by atoms with Crippen LogP contribution in [-0.2, 0) is 19.6 Å². The molecular formula is C11H16F2N2O4S2. The molecule has 0 saturated heterocycles. The third-order valence-electron chi connectivity index (χ3n) is 2.40. The number of sulfonamides is 1. The second kappa shape index (κ2) is 7.78. The van der Waals surface area contributed by atoms with Crippen molar-refractivity contribution in [2.45, 2.75) is 30.0 Å². The number of hydrogen-bond acceptors (Lipinski definition) is 5. The van der Waals surface area contributed by atoms with Crippen molar-refractivity contribution in [3.8, 4) is 0 Å². The second-order valence-electron chi connectivity index (χ2n) is 4.21. The molecule has 1 aromatic heterocycles. The van der Waals surface area contributed by atoms with Crippen molar-refractivity contribution in [1.82, 2.24) is 5.32 Å². The van der Waals surface area contributed by atoms with Gasteiger partial charge in [-0.05, 0) is 19.1 Å². The number of amides is 1. The highest BCUT2D eigenvalue weighted by atomic mass is 32.2. The molecule has 1 aromatic rings. The Kier molecular flexibility index (Phi) is 6.65. The van der Waals surface area contributed by atoms with Gasteiger partial charge >= 0.3 is 0 Å². The monoisotopic (exact) mass is 342 g/mol. The summed E-state index contributed by atoms with van der Waals surface area (Å²) in [7, 11) is -3.75. The molecule has 1 unspecified atom stereocenters. The van der Waals surface area contributed by atoms with Gasteiger partial charge in [-0.3, -0.25) is 4.79 Å². The highest BCUT2D eigenvalue weighted by Gasteiger charge is 2.16. The Balaban J connectivity index is 2.44. The van der Waals surface area contributed by atoms with Crippen LogP contribution in [0.2, 0.25) is 0 Å². The van der Waals surface area contributed by atoms with Crippen molar-refractivity contribution in [3.05, 3.63) is 17.0 Å². The molecule has 1 atom stereocenters. The van der Waals surface area contributed by atoms with E-state index in [0.717, 1.165) is 11.3 Å². The zero-order valence-electron chi connectivity index (χ0n) is 11.2. The van der Waals surface area contributed by atoms with E-state index in [0.29, 0.717) is 4.88 Å². The molecule has 120 valence electrons. The van der Waals surface area contributed by atoms with Crippen molar-refractivity contribution >= 4 is 27.3 Å². The van der Waals surface area contributed by atoms with Crippen molar-refractivity contribution in [2.75, 3.05) is 13.2 Å². The molecule has 6 nitrogen and oxygen atoms in total. The molecule has 1 rings (SSSR count). The van der Waals surface area contributed by atoms with Gasteiger partial charge in [0.15, 0.2) is 0 Å². The average Bonchev–Trinajstić information content (AvgIpc) is 2.83. The van der Waals surface area contributed by atoms with Gasteiger partial charge in [0.2, 0.25) is 15.9 Å². The number of nitrogens with two attached hydrogens (primary N) is 1. The van der Waals surface area contributed by atoms with E-state index in [2.05, 4.69) is 10.1 Å². The van der Waals surface area contributed by atoms with E-state index in [1.165, 1.54) is 6.07 Å². The highest BCUT2D eigenvalue weighted by Crippen LogP contribution is 2.25. The Bertz CT molecular complexity index is 575. The molecule has 0 bridgehead atoms. The first-order valence-corrected chi connectivity index (χ1v) is 8.34. The van der Waals surface area contributed by atoms with Crippen molar-refractivity contribution in [1.29, 1.82) is 0 Å². The van der Waals surface area contributed by atoms with Gasteiger partial charge in [-0.2, -0.15) is 0 Å².